The first-order valence-electron chi connectivity index (χ1n) is 5.40. The van der Waals surface area contributed by atoms with Crippen molar-refractivity contribution in [3.05, 3.63) is 20.8 Å². The van der Waals surface area contributed by atoms with E-state index >= 15 is 0 Å². The van der Waals surface area contributed by atoms with Gasteiger partial charge in [-0.1, -0.05) is 0 Å². The number of piperidine rings is 1. The van der Waals surface area contributed by atoms with Crippen LogP contribution >= 0.6 is 27.3 Å². The van der Waals surface area contributed by atoms with Gasteiger partial charge in [0.05, 0.1) is 10.8 Å². The summed E-state index contributed by atoms with van der Waals surface area (Å²) in [7, 11) is 0. The summed E-state index contributed by atoms with van der Waals surface area (Å²) in [5.41, 5.74) is 5.29. The van der Waals surface area contributed by atoms with Crippen LogP contribution < -0.4 is 5.73 Å². The van der Waals surface area contributed by atoms with Gasteiger partial charge in [0.25, 0.3) is 5.91 Å². The van der Waals surface area contributed by atoms with Gasteiger partial charge < -0.3 is 10.6 Å². The highest BCUT2D eigenvalue weighted by Crippen LogP contribution is 2.24. The molecule has 1 aromatic heterocycles. The van der Waals surface area contributed by atoms with Gasteiger partial charge in [-0.25, -0.2) is 0 Å². The molecule has 2 amide bonds. The number of primary amides is 1. The Morgan fingerprint density at radius 2 is 2.29 bits per heavy atom. The molecule has 2 heterocycles. The summed E-state index contributed by atoms with van der Waals surface area (Å²) < 4.78 is 0.911. The van der Waals surface area contributed by atoms with Gasteiger partial charge in [0, 0.05) is 22.9 Å². The highest BCUT2D eigenvalue weighted by molar-refractivity contribution is 9.10. The lowest BCUT2D eigenvalue weighted by atomic mass is 9.97. The normalized spacial score (nSPS) is 20.3. The molecule has 1 saturated heterocycles. The van der Waals surface area contributed by atoms with Crippen molar-refractivity contribution in [1.82, 2.24) is 4.90 Å². The first kappa shape index (κ1) is 12.6. The Labute approximate surface area is 112 Å². The second-order valence-electron chi connectivity index (χ2n) is 4.12. The molecule has 0 saturated carbocycles. The Balaban J connectivity index is 2.07. The number of hydrogen-bond acceptors (Lipinski definition) is 3. The van der Waals surface area contributed by atoms with E-state index in [9.17, 15) is 9.59 Å². The van der Waals surface area contributed by atoms with E-state index in [1.165, 1.54) is 11.3 Å². The van der Waals surface area contributed by atoms with Crippen LogP contribution in [0.5, 0.6) is 0 Å². The largest absolute Gasteiger partial charge is 0.369 e. The zero-order chi connectivity index (χ0) is 12.4. The zero-order valence-corrected chi connectivity index (χ0v) is 11.6. The molecule has 1 atom stereocenters. The Morgan fingerprint density at radius 3 is 2.88 bits per heavy atom. The number of rotatable bonds is 2. The number of likely N-dealkylation sites (tertiary alicyclic amines) is 1. The van der Waals surface area contributed by atoms with Crippen LogP contribution in [-0.2, 0) is 4.79 Å². The van der Waals surface area contributed by atoms with E-state index in [1.54, 1.807) is 11.0 Å². The van der Waals surface area contributed by atoms with Crippen LogP contribution in [0, 0.1) is 5.92 Å². The van der Waals surface area contributed by atoms with Gasteiger partial charge in [0.2, 0.25) is 5.91 Å². The average molecular weight is 317 g/mol. The van der Waals surface area contributed by atoms with Crippen LogP contribution in [0.25, 0.3) is 0 Å². The minimum Gasteiger partial charge on any atom is -0.369 e. The van der Waals surface area contributed by atoms with Crippen molar-refractivity contribution < 1.29 is 9.59 Å². The molecule has 17 heavy (non-hydrogen) atoms. The molecule has 1 aliphatic heterocycles. The van der Waals surface area contributed by atoms with Crippen molar-refractivity contribution in [2.45, 2.75) is 12.8 Å². The summed E-state index contributed by atoms with van der Waals surface area (Å²) in [4.78, 5) is 25.7. The number of hydrogen-bond donors (Lipinski definition) is 1. The van der Waals surface area contributed by atoms with E-state index in [2.05, 4.69) is 15.9 Å². The molecular weight excluding hydrogens is 304 g/mol. The van der Waals surface area contributed by atoms with Gasteiger partial charge in [-0.05, 0) is 34.8 Å². The number of carbonyl (C=O) groups excluding carboxylic acids is 2. The maximum Gasteiger partial charge on any atom is 0.263 e. The third-order valence-electron chi connectivity index (χ3n) is 2.89. The van der Waals surface area contributed by atoms with E-state index < -0.39 is 0 Å². The molecule has 4 nitrogen and oxygen atoms in total. The van der Waals surface area contributed by atoms with Crippen LogP contribution in [0.15, 0.2) is 15.9 Å². The van der Waals surface area contributed by atoms with Crippen LogP contribution in [0.3, 0.4) is 0 Å². The molecule has 1 unspecified atom stereocenters. The number of carbonyl (C=O) groups is 2. The molecule has 1 aromatic rings. The molecule has 6 heteroatoms. The van der Waals surface area contributed by atoms with Gasteiger partial charge in [-0.2, -0.15) is 0 Å². The molecule has 0 bridgehead atoms. The lowest BCUT2D eigenvalue weighted by Gasteiger charge is -2.30. The highest BCUT2D eigenvalue weighted by atomic mass is 79.9. The van der Waals surface area contributed by atoms with Crippen LogP contribution in [0.4, 0.5) is 0 Å². The van der Waals surface area contributed by atoms with Crippen LogP contribution in [0.2, 0.25) is 0 Å². The van der Waals surface area contributed by atoms with E-state index in [-0.39, 0.29) is 17.7 Å². The van der Waals surface area contributed by atoms with Gasteiger partial charge in [0.15, 0.2) is 0 Å². The fraction of sp³-hybridized carbons (Fsp3) is 0.455. The molecule has 2 rings (SSSR count). The molecule has 92 valence electrons. The lowest BCUT2D eigenvalue weighted by molar-refractivity contribution is -0.123. The summed E-state index contributed by atoms with van der Waals surface area (Å²) in [6.07, 6.45) is 1.62. The number of amides is 2. The smallest absolute Gasteiger partial charge is 0.263 e. The second kappa shape index (κ2) is 5.18. The summed E-state index contributed by atoms with van der Waals surface area (Å²) in [6.45, 7) is 1.15. The minimum atomic E-state index is -0.310. The maximum atomic E-state index is 12.1. The van der Waals surface area contributed by atoms with E-state index in [1.807, 2.05) is 5.38 Å². The van der Waals surface area contributed by atoms with Crippen molar-refractivity contribution in [2.24, 2.45) is 11.7 Å². The summed E-state index contributed by atoms with van der Waals surface area (Å²) in [5.74, 6) is -0.516. The van der Waals surface area contributed by atoms with Crippen LogP contribution in [0.1, 0.15) is 22.5 Å². The Hall–Kier alpha value is -0.880. The van der Waals surface area contributed by atoms with Gasteiger partial charge >= 0.3 is 0 Å². The van der Waals surface area contributed by atoms with E-state index in [0.29, 0.717) is 18.0 Å². The molecule has 1 fully saturated rings. The fourth-order valence-electron chi connectivity index (χ4n) is 1.97. The first-order valence-corrected chi connectivity index (χ1v) is 7.08. The predicted molar refractivity (Wildman–Crippen MR) is 69.8 cm³/mol. The maximum absolute atomic E-state index is 12.1. The van der Waals surface area contributed by atoms with Crippen LogP contribution in [-0.4, -0.2) is 29.8 Å². The SMILES string of the molecule is NC(=O)C1CCCN(C(=O)c2cc(Br)cs2)C1. The van der Waals surface area contributed by atoms with Gasteiger partial charge in [-0.3, -0.25) is 9.59 Å². The predicted octanol–water partition coefficient (Wildman–Crippen LogP) is 1.85. The highest BCUT2D eigenvalue weighted by Gasteiger charge is 2.27. The first-order chi connectivity index (χ1) is 8.08. The van der Waals surface area contributed by atoms with Gasteiger partial charge in [0.1, 0.15) is 0 Å². The third kappa shape index (κ3) is 2.87. The molecule has 0 aliphatic carbocycles. The quantitative estimate of drug-likeness (QED) is 0.905. The Morgan fingerprint density at radius 1 is 1.53 bits per heavy atom. The second-order valence-corrected chi connectivity index (χ2v) is 5.95. The topological polar surface area (TPSA) is 63.4 Å². The monoisotopic (exact) mass is 316 g/mol. The number of nitrogens with zero attached hydrogens (tertiary/aromatic N) is 1. The zero-order valence-electron chi connectivity index (χ0n) is 9.19. The van der Waals surface area contributed by atoms with Crippen molar-refractivity contribution in [3.63, 3.8) is 0 Å². The van der Waals surface area contributed by atoms with Crippen molar-refractivity contribution in [2.75, 3.05) is 13.1 Å². The number of thiophene rings is 1. The Kier molecular flexibility index (Phi) is 3.83. The van der Waals surface area contributed by atoms with Crippen molar-refractivity contribution >= 4 is 39.1 Å². The fourth-order valence-corrected chi connectivity index (χ4v) is 3.37. The molecule has 1 aliphatic rings. The molecule has 0 aromatic carbocycles. The molecule has 2 N–H and O–H groups in total. The Bertz CT molecular complexity index is 446. The van der Waals surface area contributed by atoms with Gasteiger partial charge in [-0.15, -0.1) is 11.3 Å². The molecular formula is C11H13BrN2O2S. The standard InChI is InChI=1S/C11H13BrN2O2S/c12-8-4-9(17-6-8)11(16)14-3-1-2-7(5-14)10(13)15/h4,6-7H,1-3,5H2,(H2,13,15). The van der Waals surface area contributed by atoms with E-state index in [0.717, 1.165) is 17.3 Å². The summed E-state index contributed by atoms with van der Waals surface area (Å²) in [6, 6.07) is 1.81. The molecule has 0 spiro atoms. The van der Waals surface area contributed by atoms with Crippen molar-refractivity contribution in [1.29, 1.82) is 0 Å². The summed E-state index contributed by atoms with van der Waals surface area (Å²) >= 11 is 4.73. The number of halogens is 1. The molecule has 0 radical (unpaired) electrons. The number of nitrogens with two attached hydrogens (primary N) is 1. The summed E-state index contributed by atoms with van der Waals surface area (Å²) in [5, 5.41) is 1.88. The lowest BCUT2D eigenvalue weighted by Crippen LogP contribution is -2.43. The minimum absolute atomic E-state index is 0.00773. The average Bonchev–Trinajstić information content (AvgIpc) is 2.75. The van der Waals surface area contributed by atoms with E-state index in [4.69, 9.17) is 5.73 Å². The van der Waals surface area contributed by atoms with Crippen molar-refractivity contribution in [3.8, 4) is 0 Å². The third-order valence-corrected chi connectivity index (χ3v) is 4.57.